The summed E-state index contributed by atoms with van der Waals surface area (Å²) in [5.41, 5.74) is 4.78. The predicted molar refractivity (Wildman–Crippen MR) is 147 cm³/mol. The average Bonchev–Trinajstić information content (AvgIpc) is 2.92. The summed E-state index contributed by atoms with van der Waals surface area (Å²) in [4.78, 5) is 14.7. The molecule has 0 N–H and O–H groups in total. The van der Waals surface area contributed by atoms with Crippen LogP contribution in [0.15, 0.2) is 78.9 Å². The monoisotopic (exact) mass is 484 g/mol. The van der Waals surface area contributed by atoms with Crippen molar-refractivity contribution in [3.05, 3.63) is 90.0 Å². The first-order valence-electron chi connectivity index (χ1n) is 13.4. The fraction of sp³-hybridized carbons (Fsp3) is 0.333. The molecular formula is C33H32N4. The Morgan fingerprint density at radius 3 is 1.78 bits per heavy atom. The lowest BCUT2D eigenvalue weighted by atomic mass is 9.54. The Morgan fingerprint density at radius 2 is 1.24 bits per heavy atom. The molecule has 4 aromatic rings. The van der Waals surface area contributed by atoms with Gasteiger partial charge in [0, 0.05) is 16.7 Å². The van der Waals surface area contributed by atoms with E-state index >= 15 is 0 Å². The van der Waals surface area contributed by atoms with E-state index in [1.54, 1.807) is 0 Å². The van der Waals surface area contributed by atoms with E-state index in [1.165, 1.54) is 37.7 Å². The van der Waals surface area contributed by atoms with Crippen LogP contribution in [0.2, 0.25) is 0 Å². The molecule has 2 saturated carbocycles. The minimum Gasteiger partial charge on any atom is -0.208 e. The molecule has 4 atom stereocenters. The molecule has 1 heterocycles. The van der Waals surface area contributed by atoms with E-state index in [1.807, 2.05) is 66.7 Å². The highest BCUT2D eigenvalue weighted by molar-refractivity contribution is 5.71. The van der Waals surface area contributed by atoms with E-state index in [4.69, 9.17) is 15.0 Å². The molecular weight excluding hydrogens is 452 g/mol. The number of hydrogen-bond acceptors (Lipinski definition) is 4. The highest BCUT2D eigenvalue weighted by Gasteiger charge is 2.45. The Hall–Kier alpha value is -3.84. The standard InChI is InChI=1S/C33H32N4/c1-22-15-24-16-23(2)19-33(18-22,20-24)28-14-13-27(21-34)29(17-28)32-36-30(25-9-5-3-6-10-25)35-31(37-32)26-11-7-4-8-12-26/h3-14,17,22-24H,15-16,18-20H2,1-2H3/t22-,23+,24?,33?. The SMILES string of the molecule is C[C@@H]1CC2C[C@H](C)CC(c3ccc(C#N)c(-c4nc(-c5ccccc5)nc(-c5ccccc5)n4)c3)(C2)C1. The van der Waals surface area contributed by atoms with Gasteiger partial charge in [-0.1, -0.05) is 80.6 Å². The molecule has 1 aromatic heterocycles. The summed E-state index contributed by atoms with van der Waals surface area (Å²) in [7, 11) is 0. The summed E-state index contributed by atoms with van der Waals surface area (Å²) in [6.07, 6.45) is 6.34. The number of nitrogens with zero attached hydrogens (tertiary/aromatic N) is 4. The summed E-state index contributed by atoms with van der Waals surface area (Å²) in [6, 6.07) is 28.8. The minimum atomic E-state index is 0.167. The van der Waals surface area contributed by atoms with Gasteiger partial charge in [-0.15, -0.1) is 0 Å². The van der Waals surface area contributed by atoms with Gasteiger partial charge in [0.1, 0.15) is 0 Å². The quantitative estimate of drug-likeness (QED) is 0.296. The maximum atomic E-state index is 10.1. The van der Waals surface area contributed by atoms with Crippen LogP contribution in [-0.4, -0.2) is 15.0 Å². The zero-order valence-corrected chi connectivity index (χ0v) is 21.6. The van der Waals surface area contributed by atoms with Crippen LogP contribution in [0.25, 0.3) is 34.2 Å². The third-order valence-electron chi connectivity index (χ3n) is 8.32. The molecule has 2 bridgehead atoms. The van der Waals surface area contributed by atoms with Gasteiger partial charge >= 0.3 is 0 Å². The van der Waals surface area contributed by atoms with Gasteiger partial charge < -0.3 is 0 Å². The molecule has 0 amide bonds. The Kier molecular flexibility index (Phi) is 6.08. The topological polar surface area (TPSA) is 62.5 Å². The summed E-state index contributed by atoms with van der Waals surface area (Å²) in [6.45, 7) is 4.82. The zero-order chi connectivity index (χ0) is 25.4. The summed E-state index contributed by atoms with van der Waals surface area (Å²) >= 11 is 0. The Labute approximate surface area is 219 Å². The second-order valence-corrected chi connectivity index (χ2v) is 11.4. The van der Waals surface area contributed by atoms with Crippen LogP contribution in [0.5, 0.6) is 0 Å². The Morgan fingerprint density at radius 1 is 0.703 bits per heavy atom. The van der Waals surface area contributed by atoms with Gasteiger partial charge in [0.25, 0.3) is 0 Å². The fourth-order valence-corrected chi connectivity index (χ4v) is 7.14. The first kappa shape index (κ1) is 23.6. The number of hydrogen-bond donors (Lipinski definition) is 0. The molecule has 2 aliphatic carbocycles. The molecule has 0 spiro atoms. The van der Waals surface area contributed by atoms with E-state index in [0.29, 0.717) is 23.0 Å². The number of fused-ring (bicyclic) bond motifs is 2. The first-order valence-corrected chi connectivity index (χ1v) is 13.4. The molecule has 2 aliphatic rings. The number of benzene rings is 3. The third kappa shape index (κ3) is 4.55. The highest BCUT2D eigenvalue weighted by atomic mass is 15.0. The molecule has 4 nitrogen and oxygen atoms in total. The molecule has 3 aromatic carbocycles. The number of aromatic nitrogens is 3. The highest BCUT2D eigenvalue weighted by Crippen LogP contribution is 2.54. The van der Waals surface area contributed by atoms with Gasteiger partial charge in [-0.05, 0) is 73.0 Å². The number of nitriles is 1. The third-order valence-corrected chi connectivity index (χ3v) is 8.32. The lowest BCUT2D eigenvalue weighted by molar-refractivity contribution is 0.0780. The molecule has 6 rings (SSSR count). The summed E-state index contributed by atoms with van der Waals surface area (Å²) in [5, 5.41) is 10.1. The van der Waals surface area contributed by atoms with Crippen LogP contribution in [0.3, 0.4) is 0 Å². The van der Waals surface area contributed by atoms with E-state index in [9.17, 15) is 5.26 Å². The number of rotatable bonds is 4. The van der Waals surface area contributed by atoms with Gasteiger partial charge in [-0.25, -0.2) is 15.0 Å². The average molecular weight is 485 g/mol. The predicted octanol–water partition coefficient (Wildman–Crippen LogP) is 7.85. The first-order chi connectivity index (χ1) is 18.0. The van der Waals surface area contributed by atoms with E-state index in [2.05, 4.69) is 32.0 Å². The molecule has 0 saturated heterocycles. The maximum absolute atomic E-state index is 10.1. The van der Waals surface area contributed by atoms with Crippen molar-refractivity contribution in [1.82, 2.24) is 15.0 Å². The van der Waals surface area contributed by atoms with Gasteiger partial charge in [-0.3, -0.25) is 0 Å². The van der Waals surface area contributed by atoms with Crippen molar-refractivity contribution < 1.29 is 0 Å². The Bertz CT molecular complexity index is 1380. The van der Waals surface area contributed by atoms with Gasteiger partial charge in [0.05, 0.1) is 11.6 Å². The second kappa shape index (κ2) is 9.56. The fourth-order valence-electron chi connectivity index (χ4n) is 7.14. The molecule has 2 unspecified atom stereocenters. The molecule has 2 fully saturated rings. The van der Waals surface area contributed by atoms with Crippen LogP contribution < -0.4 is 0 Å². The van der Waals surface area contributed by atoms with Crippen molar-refractivity contribution in [3.63, 3.8) is 0 Å². The van der Waals surface area contributed by atoms with Crippen molar-refractivity contribution in [3.8, 4) is 40.2 Å². The van der Waals surface area contributed by atoms with Crippen LogP contribution in [0, 0.1) is 29.1 Å². The lowest BCUT2D eigenvalue weighted by Crippen LogP contribution is -2.42. The molecule has 37 heavy (non-hydrogen) atoms. The molecule has 0 radical (unpaired) electrons. The summed E-state index contributed by atoms with van der Waals surface area (Å²) in [5.74, 6) is 4.03. The molecule has 0 aliphatic heterocycles. The van der Waals surface area contributed by atoms with E-state index in [0.717, 1.165) is 34.4 Å². The van der Waals surface area contributed by atoms with Gasteiger partial charge in [0.2, 0.25) is 0 Å². The van der Waals surface area contributed by atoms with Crippen LogP contribution in [0.4, 0.5) is 0 Å². The smallest absolute Gasteiger partial charge is 0.165 e. The van der Waals surface area contributed by atoms with Crippen LogP contribution >= 0.6 is 0 Å². The Balaban J connectivity index is 1.52. The normalized spacial score (nSPS) is 24.8. The summed E-state index contributed by atoms with van der Waals surface area (Å²) < 4.78 is 0. The van der Waals surface area contributed by atoms with E-state index in [-0.39, 0.29) is 5.41 Å². The maximum Gasteiger partial charge on any atom is 0.165 e. The van der Waals surface area contributed by atoms with Gasteiger partial charge in [-0.2, -0.15) is 5.26 Å². The van der Waals surface area contributed by atoms with Crippen LogP contribution in [-0.2, 0) is 5.41 Å². The van der Waals surface area contributed by atoms with E-state index < -0.39 is 0 Å². The second-order valence-electron chi connectivity index (χ2n) is 11.4. The van der Waals surface area contributed by atoms with Crippen molar-refractivity contribution in [1.29, 1.82) is 5.26 Å². The van der Waals surface area contributed by atoms with Crippen molar-refractivity contribution in [2.45, 2.75) is 51.4 Å². The lowest BCUT2D eigenvalue weighted by Gasteiger charge is -2.50. The van der Waals surface area contributed by atoms with Crippen molar-refractivity contribution in [2.75, 3.05) is 0 Å². The van der Waals surface area contributed by atoms with Crippen molar-refractivity contribution >= 4 is 0 Å². The molecule has 4 heteroatoms. The zero-order valence-electron chi connectivity index (χ0n) is 21.6. The molecule has 184 valence electrons. The largest absolute Gasteiger partial charge is 0.208 e. The minimum absolute atomic E-state index is 0.167. The van der Waals surface area contributed by atoms with Crippen molar-refractivity contribution in [2.24, 2.45) is 17.8 Å². The van der Waals surface area contributed by atoms with Gasteiger partial charge in [0.15, 0.2) is 17.5 Å². The van der Waals surface area contributed by atoms with Crippen LogP contribution in [0.1, 0.15) is 57.1 Å².